The Morgan fingerprint density at radius 2 is 1.46 bits per heavy atom. The minimum Gasteiger partial charge on any atom is -0.454 e. The van der Waals surface area contributed by atoms with E-state index in [1.54, 1.807) is 0 Å². The van der Waals surface area contributed by atoms with Crippen LogP contribution in [0.3, 0.4) is 0 Å². The monoisotopic (exact) mass is 178 g/mol. The molecule has 1 aliphatic heterocycles. The van der Waals surface area contributed by atoms with Crippen LogP contribution >= 0.6 is 0 Å². The van der Waals surface area contributed by atoms with Gasteiger partial charge in [-0.1, -0.05) is 13.8 Å². The van der Waals surface area contributed by atoms with Gasteiger partial charge in [-0.25, -0.2) is 0 Å². The lowest BCUT2D eigenvalue weighted by atomic mass is 10.0. The number of hydrogen-bond donors (Lipinski definition) is 0. The summed E-state index contributed by atoms with van der Waals surface area (Å²) in [5, 5.41) is 0. The van der Waals surface area contributed by atoms with Crippen LogP contribution < -0.4 is 9.47 Å². The van der Waals surface area contributed by atoms with Crippen molar-refractivity contribution in [1.82, 2.24) is 0 Å². The molecule has 13 heavy (non-hydrogen) atoms. The van der Waals surface area contributed by atoms with Crippen molar-refractivity contribution in [1.29, 1.82) is 0 Å². The van der Waals surface area contributed by atoms with E-state index in [2.05, 4.69) is 26.0 Å². The van der Waals surface area contributed by atoms with Crippen LogP contribution in [0, 0.1) is 0 Å². The zero-order valence-electron chi connectivity index (χ0n) is 8.09. The van der Waals surface area contributed by atoms with Gasteiger partial charge in [-0.3, -0.25) is 0 Å². The standard InChI is InChI=1S/C11H14O2/c1-3-8-5-10-11(13-7-12-10)6-9(8)4-2/h5-6H,3-4,7H2,1-2H3. The Labute approximate surface area is 78.5 Å². The van der Waals surface area contributed by atoms with Gasteiger partial charge in [0.25, 0.3) is 0 Å². The fourth-order valence-corrected chi connectivity index (χ4v) is 1.68. The molecule has 2 rings (SSSR count). The van der Waals surface area contributed by atoms with Crippen molar-refractivity contribution in [2.75, 3.05) is 6.79 Å². The van der Waals surface area contributed by atoms with Crippen molar-refractivity contribution in [3.8, 4) is 11.5 Å². The van der Waals surface area contributed by atoms with E-state index in [-0.39, 0.29) is 0 Å². The highest BCUT2D eigenvalue weighted by atomic mass is 16.7. The largest absolute Gasteiger partial charge is 0.454 e. The molecular formula is C11H14O2. The summed E-state index contributed by atoms with van der Waals surface area (Å²) in [6.07, 6.45) is 2.11. The smallest absolute Gasteiger partial charge is 0.231 e. The Balaban J connectivity index is 2.47. The van der Waals surface area contributed by atoms with Crippen LogP contribution in [0.4, 0.5) is 0 Å². The second kappa shape index (κ2) is 3.29. The van der Waals surface area contributed by atoms with Crippen LogP contribution in [0.5, 0.6) is 11.5 Å². The van der Waals surface area contributed by atoms with E-state index in [9.17, 15) is 0 Å². The van der Waals surface area contributed by atoms with Gasteiger partial charge in [-0.15, -0.1) is 0 Å². The first-order valence-electron chi connectivity index (χ1n) is 4.76. The first-order valence-corrected chi connectivity index (χ1v) is 4.76. The lowest BCUT2D eigenvalue weighted by Crippen LogP contribution is -1.92. The van der Waals surface area contributed by atoms with Crippen LogP contribution in [0.2, 0.25) is 0 Å². The van der Waals surface area contributed by atoms with E-state index in [0.29, 0.717) is 6.79 Å². The predicted molar refractivity (Wildman–Crippen MR) is 51.3 cm³/mol. The summed E-state index contributed by atoms with van der Waals surface area (Å²) in [5.41, 5.74) is 2.73. The second-order valence-corrected chi connectivity index (χ2v) is 3.18. The topological polar surface area (TPSA) is 18.5 Å². The van der Waals surface area contributed by atoms with Gasteiger partial charge in [0.1, 0.15) is 0 Å². The maximum atomic E-state index is 5.32. The van der Waals surface area contributed by atoms with Crippen molar-refractivity contribution < 1.29 is 9.47 Å². The van der Waals surface area contributed by atoms with E-state index in [4.69, 9.17) is 9.47 Å². The minimum atomic E-state index is 0.367. The van der Waals surface area contributed by atoms with Crippen molar-refractivity contribution in [3.63, 3.8) is 0 Å². The summed E-state index contributed by atoms with van der Waals surface area (Å²) in [6, 6.07) is 4.20. The molecule has 0 radical (unpaired) electrons. The van der Waals surface area contributed by atoms with E-state index < -0.39 is 0 Å². The highest BCUT2D eigenvalue weighted by Crippen LogP contribution is 2.35. The molecule has 1 aromatic carbocycles. The summed E-state index contributed by atoms with van der Waals surface area (Å²) in [4.78, 5) is 0. The molecule has 1 heterocycles. The molecule has 1 aromatic rings. The molecule has 0 spiro atoms. The van der Waals surface area contributed by atoms with Crippen molar-refractivity contribution in [2.45, 2.75) is 26.7 Å². The van der Waals surface area contributed by atoms with Gasteiger partial charge in [-0.05, 0) is 36.1 Å². The van der Waals surface area contributed by atoms with Crippen LogP contribution in [-0.4, -0.2) is 6.79 Å². The molecule has 0 bridgehead atoms. The quantitative estimate of drug-likeness (QED) is 0.692. The Morgan fingerprint density at radius 3 is 1.85 bits per heavy atom. The van der Waals surface area contributed by atoms with E-state index in [0.717, 1.165) is 24.3 Å². The van der Waals surface area contributed by atoms with Crippen molar-refractivity contribution in [3.05, 3.63) is 23.3 Å². The molecule has 0 saturated heterocycles. The van der Waals surface area contributed by atoms with Crippen LogP contribution in [0.25, 0.3) is 0 Å². The minimum absolute atomic E-state index is 0.367. The summed E-state index contributed by atoms with van der Waals surface area (Å²) in [7, 11) is 0. The molecule has 0 N–H and O–H groups in total. The van der Waals surface area contributed by atoms with Crippen LogP contribution in [-0.2, 0) is 12.8 Å². The summed E-state index contributed by atoms with van der Waals surface area (Å²) < 4.78 is 10.6. The molecule has 2 nitrogen and oxygen atoms in total. The van der Waals surface area contributed by atoms with Crippen molar-refractivity contribution in [2.24, 2.45) is 0 Å². The molecule has 0 unspecified atom stereocenters. The van der Waals surface area contributed by atoms with Gasteiger partial charge in [0, 0.05) is 0 Å². The van der Waals surface area contributed by atoms with Crippen LogP contribution in [0.1, 0.15) is 25.0 Å². The number of benzene rings is 1. The second-order valence-electron chi connectivity index (χ2n) is 3.18. The molecular weight excluding hydrogens is 164 g/mol. The molecule has 0 fully saturated rings. The third-order valence-electron chi connectivity index (χ3n) is 2.46. The zero-order chi connectivity index (χ0) is 9.26. The summed E-state index contributed by atoms with van der Waals surface area (Å²) >= 11 is 0. The fraction of sp³-hybridized carbons (Fsp3) is 0.455. The maximum absolute atomic E-state index is 5.32. The molecule has 0 atom stereocenters. The number of fused-ring (bicyclic) bond motifs is 1. The summed E-state index contributed by atoms with van der Waals surface area (Å²) in [6.45, 7) is 4.69. The lowest BCUT2D eigenvalue weighted by molar-refractivity contribution is 0.174. The van der Waals surface area contributed by atoms with Gasteiger partial charge in [-0.2, -0.15) is 0 Å². The third-order valence-corrected chi connectivity index (χ3v) is 2.46. The number of hydrogen-bond acceptors (Lipinski definition) is 2. The Hall–Kier alpha value is -1.18. The number of aryl methyl sites for hydroxylation is 2. The SMILES string of the molecule is CCc1cc2c(cc1CC)OCO2. The van der Waals surface area contributed by atoms with Gasteiger partial charge in [0.15, 0.2) is 11.5 Å². The molecule has 2 heteroatoms. The highest BCUT2D eigenvalue weighted by Gasteiger charge is 2.15. The van der Waals surface area contributed by atoms with E-state index >= 15 is 0 Å². The molecule has 0 saturated carbocycles. The van der Waals surface area contributed by atoms with Crippen LogP contribution in [0.15, 0.2) is 12.1 Å². The Bertz CT molecular complexity index is 287. The van der Waals surface area contributed by atoms with E-state index in [1.807, 2.05) is 0 Å². The first kappa shape index (κ1) is 8.42. The van der Waals surface area contributed by atoms with Gasteiger partial charge >= 0.3 is 0 Å². The Morgan fingerprint density at radius 1 is 1.00 bits per heavy atom. The average molecular weight is 178 g/mol. The Kier molecular flexibility index (Phi) is 2.13. The fourth-order valence-electron chi connectivity index (χ4n) is 1.68. The lowest BCUT2D eigenvalue weighted by Gasteiger charge is -2.06. The van der Waals surface area contributed by atoms with Gasteiger partial charge in [0.2, 0.25) is 6.79 Å². The highest BCUT2D eigenvalue weighted by molar-refractivity contribution is 5.48. The first-order chi connectivity index (χ1) is 6.35. The van der Waals surface area contributed by atoms with Crippen molar-refractivity contribution >= 4 is 0 Å². The number of rotatable bonds is 2. The van der Waals surface area contributed by atoms with E-state index in [1.165, 1.54) is 11.1 Å². The normalized spacial score (nSPS) is 13.4. The molecule has 0 aliphatic carbocycles. The third kappa shape index (κ3) is 1.37. The summed E-state index contributed by atoms with van der Waals surface area (Å²) in [5.74, 6) is 1.79. The molecule has 0 amide bonds. The maximum Gasteiger partial charge on any atom is 0.231 e. The zero-order valence-corrected chi connectivity index (χ0v) is 8.09. The average Bonchev–Trinajstić information content (AvgIpc) is 2.62. The molecule has 1 aliphatic rings. The predicted octanol–water partition coefficient (Wildman–Crippen LogP) is 2.54. The molecule has 70 valence electrons. The molecule has 0 aromatic heterocycles. The van der Waals surface area contributed by atoms with Gasteiger partial charge < -0.3 is 9.47 Å². The van der Waals surface area contributed by atoms with Gasteiger partial charge in [0.05, 0.1) is 0 Å². The number of ether oxygens (including phenoxy) is 2.